The Bertz CT molecular complexity index is 1330. The molecule has 2 aliphatic heterocycles. The van der Waals surface area contributed by atoms with Gasteiger partial charge in [0.05, 0.1) is 17.9 Å². The van der Waals surface area contributed by atoms with Crippen molar-refractivity contribution in [3.05, 3.63) is 94.9 Å². The third kappa shape index (κ3) is 3.75. The number of allylic oxidation sites excluding steroid dienone is 3. The summed E-state index contributed by atoms with van der Waals surface area (Å²) >= 11 is 0. The van der Waals surface area contributed by atoms with Gasteiger partial charge in [0.1, 0.15) is 5.75 Å². The van der Waals surface area contributed by atoms with E-state index in [2.05, 4.69) is 28.5 Å². The topological polar surface area (TPSA) is 99.6 Å². The van der Waals surface area contributed by atoms with Gasteiger partial charge in [0, 0.05) is 30.4 Å². The van der Waals surface area contributed by atoms with Crippen LogP contribution in [0.1, 0.15) is 35.2 Å². The summed E-state index contributed by atoms with van der Waals surface area (Å²) in [7, 11) is 0. The predicted molar refractivity (Wildman–Crippen MR) is 133 cm³/mol. The summed E-state index contributed by atoms with van der Waals surface area (Å²) in [5.41, 5.74) is 4.74. The second-order valence-corrected chi connectivity index (χ2v) is 9.99. The van der Waals surface area contributed by atoms with Crippen LogP contribution in [-0.2, 0) is 16.0 Å². The number of aromatic nitrogens is 1. The lowest BCUT2D eigenvalue weighted by atomic mass is 9.67. The number of hydrogen-bond acceptors (Lipinski definition) is 5. The molecule has 36 heavy (non-hydrogen) atoms. The zero-order valence-corrected chi connectivity index (χ0v) is 19.8. The van der Waals surface area contributed by atoms with E-state index in [0.29, 0.717) is 24.9 Å². The van der Waals surface area contributed by atoms with Crippen molar-refractivity contribution in [2.75, 3.05) is 6.54 Å². The highest BCUT2D eigenvalue weighted by atomic mass is 16.3. The number of nitrogens with zero attached hydrogens (tertiary/aromatic N) is 2. The number of carbonyl (C=O) groups is 3. The molecule has 3 amide bonds. The smallest absolute Gasteiger partial charge is 0.254 e. The Balaban J connectivity index is 1.48. The first-order chi connectivity index (χ1) is 17.5. The quantitative estimate of drug-likeness (QED) is 0.516. The Morgan fingerprint density at radius 3 is 2.64 bits per heavy atom. The third-order valence-electron chi connectivity index (χ3n) is 7.93. The van der Waals surface area contributed by atoms with Crippen molar-refractivity contribution in [2.45, 2.75) is 31.7 Å². The van der Waals surface area contributed by atoms with Crippen LogP contribution < -0.4 is 5.32 Å². The summed E-state index contributed by atoms with van der Waals surface area (Å²) in [4.78, 5) is 45.9. The van der Waals surface area contributed by atoms with Crippen LogP contribution in [0.5, 0.6) is 5.75 Å². The van der Waals surface area contributed by atoms with Crippen molar-refractivity contribution in [3.8, 4) is 5.75 Å². The molecule has 4 unspecified atom stereocenters. The predicted octanol–water partition coefficient (Wildman–Crippen LogP) is 3.34. The molecule has 2 N–H and O–H groups in total. The standard InChI is InChI=1S/C29H27N3O4/c33-21-10-8-19(9-11-21)29(36)32-16-23-20(13-17-5-4-12-30-15-17)14-22-25(28(35)31-27(22)34)24(23)26(32)18-6-2-1-3-7-18/h2,4-12,15,22,24-26,33H,1,3,13-14,16H2,(H,31,34,35). The van der Waals surface area contributed by atoms with Crippen LogP contribution in [0.15, 0.2) is 83.7 Å². The summed E-state index contributed by atoms with van der Waals surface area (Å²) in [6, 6.07) is 9.84. The Morgan fingerprint density at radius 2 is 1.92 bits per heavy atom. The number of aromatic hydroxyl groups is 1. The van der Waals surface area contributed by atoms with Crippen molar-refractivity contribution < 1.29 is 19.5 Å². The van der Waals surface area contributed by atoms with E-state index in [4.69, 9.17) is 0 Å². The number of imide groups is 1. The zero-order valence-electron chi connectivity index (χ0n) is 19.8. The average molecular weight is 482 g/mol. The molecule has 3 heterocycles. The maximum atomic E-state index is 13.9. The lowest BCUT2D eigenvalue weighted by Gasteiger charge is -2.36. The van der Waals surface area contributed by atoms with Crippen molar-refractivity contribution >= 4 is 17.7 Å². The summed E-state index contributed by atoms with van der Waals surface area (Å²) in [5, 5.41) is 12.3. The van der Waals surface area contributed by atoms with E-state index in [1.807, 2.05) is 23.2 Å². The lowest BCUT2D eigenvalue weighted by Crippen LogP contribution is -2.43. The Hall–Kier alpha value is -4.00. The van der Waals surface area contributed by atoms with Gasteiger partial charge in [-0.2, -0.15) is 0 Å². The first kappa shape index (κ1) is 22.5. The Morgan fingerprint density at radius 1 is 1.08 bits per heavy atom. The maximum absolute atomic E-state index is 13.9. The lowest BCUT2D eigenvalue weighted by molar-refractivity contribution is -0.126. The van der Waals surface area contributed by atoms with E-state index < -0.39 is 11.8 Å². The Labute approximate surface area is 209 Å². The minimum atomic E-state index is -0.496. The van der Waals surface area contributed by atoms with E-state index in [1.165, 1.54) is 12.1 Å². The van der Waals surface area contributed by atoms with E-state index in [-0.39, 0.29) is 35.4 Å². The molecule has 2 saturated heterocycles. The second kappa shape index (κ2) is 8.90. The number of phenols is 1. The molecule has 4 aliphatic rings. The number of pyridine rings is 1. The van der Waals surface area contributed by atoms with Gasteiger partial charge in [-0.3, -0.25) is 24.7 Å². The molecule has 2 fully saturated rings. The molecule has 1 aromatic carbocycles. The number of nitrogens with one attached hydrogen (secondary N) is 1. The number of rotatable bonds is 4. The minimum Gasteiger partial charge on any atom is -0.508 e. The highest BCUT2D eigenvalue weighted by Crippen LogP contribution is 2.51. The molecule has 0 spiro atoms. The normalized spacial score (nSPS) is 27.0. The van der Waals surface area contributed by atoms with Crippen molar-refractivity contribution in [3.63, 3.8) is 0 Å². The summed E-state index contributed by atoms with van der Waals surface area (Å²) in [5.74, 6) is -1.70. The van der Waals surface area contributed by atoms with E-state index in [1.54, 1.807) is 18.3 Å². The van der Waals surface area contributed by atoms with Gasteiger partial charge in [0.15, 0.2) is 0 Å². The molecule has 1 aromatic heterocycles. The fraction of sp³-hybridized carbons (Fsp3) is 0.310. The number of amides is 3. The molecule has 6 rings (SSSR count). The summed E-state index contributed by atoms with van der Waals surface area (Å²) in [6.07, 6.45) is 12.8. The summed E-state index contributed by atoms with van der Waals surface area (Å²) < 4.78 is 0. The van der Waals surface area contributed by atoms with Crippen LogP contribution in [0.25, 0.3) is 0 Å². The minimum absolute atomic E-state index is 0.0987. The maximum Gasteiger partial charge on any atom is 0.254 e. The summed E-state index contributed by atoms with van der Waals surface area (Å²) in [6.45, 7) is 0.403. The number of carbonyl (C=O) groups excluding carboxylic acids is 3. The fourth-order valence-electron chi connectivity index (χ4n) is 6.35. The van der Waals surface area contributed by atoms with Crippen LogP contribution in [0.4, 0.5) is 0 Å². The molecule has 0 saturated carbocycles. The van der Waals surface area contributed by atoms with Crippen LogP contribution >= 0.6 is 0 Å². The number of likely N-dealkylation sites (tertiary alicyclic amines) is 1. The van der Waals surface area contributed by atoms with Crippen LogP contribution in [0, 0.1) is 17.8 Å². The van der Waals surface area contributed by atoms with Crippen molar-refractivity contribution in [1.82, 2.24) is 15.2 Å². The van der Waals surface area contributed by atoms with E-state index >= 15 is 0 Å². The van der Waals surface area contributed by atoms with Gasteiger partial charge < -0.3 is 10.0 Å². The molecule has 2 aliphatic carbocycles. The van der Waals surface area contributed by atoms with Crippen LogP contribution in [-0.4, -0.2) is 45.3 Å². The molecule has 2 aromatic rings. The van der Waals surface area contributed by atoms with E-state index in [0.717, 1.165) is 35.1 Å². The number of hydrogen-bond donors (Lipinski definition) is 2. The SMILES string of the molecule is O=C1NC(=O)C2C1CC(Cc1cccnc1)=C1CN(C(=O)c3ccc(O)cc3)C(C3=CCCC=C3)C12. The second-order valence-electron chi connectivity index (χ2n) is 9.99. The largest absolute Gasteiger partial charge is 0.508 e. The highest BCUT2D eigenvalue weighted by molar-refractivity contribution is 6.06. The highest BCUT2D eigenvalue weighted by Gasteiger charge is 2.57. The van der Waals surface area contributed by atoms with Crippen LogP contribution in [0.3, 0.4) is 0 Å². The molecule has 0 bridgehead atoms. The van der Waals surface area contributed by atoms with Crippen molar-refractivity contribution in [2.24, 2.45) is 17.8 Å². The molecule has 7 nitrogen and oxygen atoms in total. The molecular formula is C29H27N3O4. The molecule has 4 atom stereocenters. The van der Waals surface area contributed by atoms with Gasteiger partial charge in [-0.1, -0.05) is 29.9 Å². The van der Waals surface area contributed by atoms with Gasteiger partial charge in [-0.25, -0.2) is 0 Å². The number of phenolic OH excluding ortho intramolecular Hbond substituents is 1. The van der Waals surface area contributed by atoms with Gasteiger partial charge in [-0.15, -0.1) is 0 Å². The van der Waals surface area contributed by atoms with Gasteiger partial charge >= 0.3 is 0 Å². The Kier molecular flexibility index (Phi) is 5.55. The van der Waals surface area contributed by atoms with Crippen molar-refractivity contribution in [1.29, 1.82) is 0 Å². The van der Waals surface area contributed by atoms with Gasteiger partial charge in [0.25, 0.3) is 5.91 Å². The average Bonchev–Trinajstić information content (AvgIpc) is 3.42. The van der Waals surface area contributed by atoms with Crippen LogP contribution in [0.2, 0.25) is 0 Å². The number of benzene rings is 1. The monoisotopic (exact) mass is 481 g/mol. The van der Waals surface area contributed by atoms with E-state index in [9.17, 15) is 19.5 Å². The molecular weight excluding hydrogens is 454 g/mol. The van der Waals surface area contributed by atoms with Gasteiger partial charge in [0.2, 0.25) is 11.8 Å². The molecule has 0 radical (unpaired) electrons. The fourth-order valence-corrected chi connectivity index (χ4v) is 6.35. The van der Waals surface area contributed by atoms with Gasteiger partial charge in [-0.05, 0) is 72.7 Å². The number of fused-ring (bicyclic) bond motifs is 3. The molecule has 7 heteroatoms. The zero-order chi connectivity index (χ0) is 24.8. The first-order valence-corrected chi connectivity index (χ1v) is 12.4. The first-order valence-electron chi connectivity index (χ1n) is 12.4. The third-order valence-corrected chi connectivity index (χ3v) is 7.93. The molecule has 182 valence electrons.